The van der Waals surface area contributed by atoms with Gasteiger partial charge in [-0.25, -0.2) is 4.79 Å². The Labute approximate surface area is 115 Å². The van der Waals surface area contributed by atoms with E-state index in [1.807, 2.05) is 37.3 Å². The monoisotopic (exact) mass is 259 g/mol. The predicted octanol–water partition coefficient (Wildman–Crippen LogP) is 3.67. The van der Waals surface area contributed by atoms with Gasteiger partial charge in [0.15, 0.2) is 6.10 Å². The van der Waals surface area contributed by atoms with Crippen molar-refractivity contribution in [3.63, 3.8) is 0 Å². The number of alkyl carbamates (subject to hydrolysis) is 1. The highest BCUT2D eigenvalue weighted by Crippen LogP contribution is 2.12. The molecule has 0 radical (unpaired) electrons. The number of hydrogen-bond donors (Lipinski definition) is 1. The zero-order valence-electron chi connectivity index (χ0n) is 11.6. The summed E-state index contributed by atoms with van der Waals surface area (Å²) in [6.45, 7) is 3.98. The molecule has 1 amide bonds. The van der Waals surface area contributed by atoms with E-state index >= 15 is 0 Å². The van der Waals surface area contributed by atoms with Crippen LogP contribution in [0.5, 0.6) is 0 Å². The van der Waals surface area contributed by atoms with Crippen molar-refractivity contribution in [2.75, 3.05) is 0 Å². The Morgan fingerprint density at radius 3 is 2.68 bits per heavy atom. The first-order valence-corrected chi connectivity index (χ1v) is 6.65. The van der Waals surface area contributed by atoms with Crippen LogP contribution in [0.15, 0.2) is 30.3 Å². The molecule has 19 heavy (non-hydrogen) atoms. The molecule has 1 rings (SSSR count). The van der Waals surface area contributed by atoms with Gasteiger partial charge >= 0.3 is 6.09 Å². The maximum Gasteiger partial charge on any atom is 0.408 e. The van der Waals surface area contributed by atoms with Crippen molar-refractivity contribution in [1.29, 1.82) is 0 Å². The molecule has 0 aromatic heterocycles. The third-order valence-electron chi connectivity index (χ3n) is 2.89. The smallest absolute Gasteiger partial charge is 0.408 e. The molecule has 1 aromatic rings. The number of carbonyl (C=O) groups is 1. The maximum absolute atomic E-state index is 11.7. The van der Waals surface area contributed by atoms with Crippen LogP contribution in [0.3, 0.4) is 0 Å². The Hall–Kier alpha value is -1.95. The van der Waals surface area contributed by atoms with E-state index in [1.54, 1.807) is 0 Å². The van der Waals surface area contributed by atoms with Gasteiger partial charge < -0.3 is 10.1 Å². The van der Waals surface area contributed by atoms with Crippen LogP contribution in [0.4, 0.5) is 4.79 Å². The quantitative estimate of drug-likeness (QED) is 0.792. The first-order chi connectivity index (χ1) is 9.17. The van der Waals surface area contributed by atoms with Gasteiger partial charge in [-0.2, -0.15) is 0 Å². The molecule has 0 unspecified atom stereocenters. The van der Waals surface area contributed by atoms with Crippen molar-refractivity contribution < 1.29 is 9.53 Å². The van der Waals surface area contributed by atoms with Crippen molar-refractivity contribution >= 4 is 6.09 Å². The first kappa shape index (κ1) is 15.1. The van der Waals surface area contributed by atoms with Crippen molar-refractivity contribution in [3.05, 3.63) is 35.9 Å². The van der Waals surface area contributed by atoms with Gasteiger partial charge in [-0.3, -0.25) is 0 Å². The molecule has 3 nitrogen and oxygen atoms in total. The number of unbranched alkanes of at least 4 members (excludes halogenated alkanes) is 1. The summed E-state index contributed by atoms with van der Waals surface area (Å²) < 4.78 is 5.21. The second-order valence-corrected chi connectivity index (χ2v) is 4.48. The lowest BCUT2D eigenvalue weighted by molar-refractivity contribution is 0.115. The number of carbonyl (C=O) groups excluding carboxylic acids is 1. The summed E-state index contributed by atoms with van der Waals surface area (Å²) in [4.78, 5) is 11.7. The van der Waals surface area contributed by atoms with Gasteiger partial charge in [0.25, 0.3) is 0 Å². The van der Waals surface area contributed by atoms with Gasteiger partial charge in [0.1, 0.15) is 0 Å². The second-order valence-electron chi connectivity index (χ2n) is 4.48. The summed E-state index contributed by atoms with van der Waals surface area (Å²) in [7, 11) is 0. The number of benzene rings is 1. The van der Waals surface area contributed by atoms with E-state index in [9.17, 15) is 4.79 Å². The lowest BCUT2D eigenvalue weighted by Gasteiger charge is -2.17. The minimum Gasteiger partial charge on any atom is -0.433 e. The third-order valence-corrected chi connectivity index (χ3v) is 2.89. The summed E-state index contributed by atoms with van der Waals surface area (Å²) in [6.07, 6.45) is 7.14. The molecule has 0 saturated heterocycles. The van der Waals surface area contributed by atoms with Crippen LogP contribution < -0.4 is 5.32 Å². The number of rotatable bonds is 6. The van der Waals surface area contributed by atoms with E-state index < -0.39 is 12.2 Å². The summed E-state index contributed by atoms with van der Waals surface area (Å²) in [5, 5.41) is 2.78. The number of amides is 1. The second kappa shape index (κ2) is 8.20. The molecule has 1 aromatic carbocycles. The molecule has 102 valence electrons. The van der Waals surface area contributed by atoms with Crippen LogP contribution in [0.1, 0.15) is 44.7 Å². The highest BCUT2D eigenvalue weighted by atomic mass is 16.6. The molecule has 0 heterocycles. The third kappa shape index (κ3) is 5.48. The average Bonchev–Trinajstić information content (AvgIpc) is 2.44. The van der Waals surface area contributed by atoms with Crippen LogP contribution in [0, 0.1) is 12.3 Å². The number of hydrogen-bond acceptors (Lipinski definition) is 2. The molecule has 1 N–H and O–H groups in total. The van der Waals surface area contributed by atoms with Crippen LogP contribution in [0.2, 0.25) is 0 Å². The highest BCUT2D eigenvalue weighted by Gasteiger charge is 2.14. The fraction of sp³-hybridized carbons (Fsp3) is 0.438. The fourth-order valence-corrected chi connectivity index (χ4v) is 1.73. The van der Waals surface area contributed by atoms with E-state index in [-0.39, 0.29) is 6.04 Å². The Balaban J connectivity index is 2.44. The molecule has 0 saturated carbocycles. The SMILES string of the molecule is C#C[C@H](CCCC)OC(=O)N[C@H](C)c1ccccc1. The van der Waals surface area contributed by atoms with Crippen LogP contribution in [0.25, 0.3) is 0 Å². The Kier molecular flexibility index (Phi) is 6.52. The zero-order valence-corrected chi connectivity index (χ0v) is 11.6. The number of terminal acetylenes is 1. The van der Waals surface area contributed by atoms with E-state index in [2.05, 4.69) is 18.2 Å². The highest BCUT2D eigenvalue weighted by molar-refractivity contribution is 5.68. The minimum absolute atomic E-state index is 0.0988. The van der Waals surface area contributed by atoms with E-state index in [0.29, 0.717) is 6.42 Å². The predicted molar refractivity (Wildman–Crippen MR) is 76.6 cm³/mol. The largest absolute Gasteiger partial charge is 0.433 e. The van der Waals surface area contributed by atoms with Crippen LogP contribution in [-0.2, 0) is 4.74 Å². The topological polar surface area (TPSA) is 38.3 Å². The van der Waals surface area contributed by atoms with Crippen LogP contribution >= 0.6 is 0 Å². The molecule has 0 aliphatic heterocycles. The molecule has 2 atom stereocenters. The molecule has 0 spiro atoms. The van der Waals surface area contributed by atoms with Gasteiger partial charge in [0.05, 0.1) is 6.04 Å². The Bertz CT molecular complexity index is 422. The molecular weight excluding hydrogens is 238 g/mol. The van der Waals surface area contributed by atoms with E-state index in [0.717, 1.165) is 18.4 Å². The summed E-state index contributed by atoms with van der Waals surface area (Å²) in [5.41, 5.74) is 1.03. The number of ether oxygens (including phenoxy) is 1. The van der Waals surface area contributed by atoms with E-state index in [4.69, 9.17) is 11.2 Å². The first-order valence-electron chi connectivity index (χ1n) is 6.65. The summed E-state index contributed by atoms with van der Waals surface area (Å²) >= 11 is 0. The Morgan fingerprint density at radius 2 is 2.11 bits per heavy atom. The molecule has 0 aliphatic carbocycles. The normalized spacial score (nSPS) is 13.1. The zero-order chi connectivity index (χ0) is 14.1. The standard InChI is InChI=1S/C16H21NO2/c1-4-6-12-15(5-2)19-16(18)17-13(3)14-10-8-7-9-11-14/h2,7-11,13,15H,4,6,12H2,1,3H3,(H,17,18)/t13-,15-/m1/s1. The average molecular weight is 259 g/mol. The maximum atomic E-state index is 11.7. The molecule has 0 aliphatic rings. The van der Waals surface area contributed by atoms with Gasteiger partial charge in [-0.15, -0.1) is 6.42 Å². The fourth-order valence-electron chi connectivity index (χ4n) is 1.73. The van der Waals surface area contributed by atoms with Crippen molar-refractivity contribution in [2.24, 2.45) is 0 Å². The lowest BCUT2D eigenvalue weighted by atomic mass is 10.1. The lowest BCUT2D eigenvalue weighted by Crippen LogP contribution is -2.30. The van der Waals surface area contributed by atoms with Crippen molar-refractivity contribution in [1.82, 2.24) is 5.32 Å². The van der Waals surface area contributed by atoms with Crippen molar-refractivity contribution in [3.8, 4) is 12.3 Å². The molecular formula is C16H21NO2. The Morgan fingerprint density at radius 1 is 1.42 bits per heavy atom. The van der Waals surface area contributed by atoms with Crippen molar-refractivity contribution in [2.45, 2.75) is 45.3 Å². The van der Waals surface area contributed by atoms with Gasteiger partial charge in [-0.1, -0.05) is 49.6 Å². The minimum atomic E-state index is -0.463. The molecule has 3 heteroatoms. The summed E-state index contributed by atoms with van der Waals surface area (Å²) in [6, 6.07) is 9.63. The number of nitrogens with one attached hydrogen (secondary N) is 1. The van der Waals surface area contributed by atoms with Crippen LogP contribution in [-0.4, -0.2) is 12.2 Å². The molecule has 0 bridgehead atoms. The van der Waals surface area contributed by atoms with Gasteiger partial charge in [-0.05, 0) is 25.3 Å². The van der Waals surface area contributed by atoms with E-state index in [1.165, 1.54) is 0 Å². The summed E-state index contributed by atoms with van der Waals surface area (Å²) in [5.74, 6) is 2.50. The van der Waals surface area contributed by atoms with Gasteiger partial charge in [0, 0.05) is 0 Å². The molecule has 0 fully saturated rings. The van der Waals surface area contributed by atoms with Gasteiger partial charge in [0.2, 0.25) is 0 Å².